The molecule has 38 heavy (non-hydrogen) atoms. The molecule has 198 valence electrons. The van der Waals surface area contributed by atoms with Crippen LogP contribution in [-0.2, 0) is 10.2 Å². The Morgan fingerprint density at radius 1 is 1.00 bits per heavy atom. The van der Waals surface area contributed by atoms with E-state index in [1.54, 1.807) is 0 Å². The molecule has 0 atom stereocenters. The van der Waals surface area contributed by atoms with Crippen molar-refractivity contribution in [3.05, 3.63) is 77.4 Å². The van der Waals surface area contributed by atoms with Crippen LogP contribution < -0.4 is 14.8 Å². The molecule has 2 amide bonds. The topological polar surface area (TPSA) is 67.9 Å². The Kier molecular flexibility index (Phi) is 6.34. The van der Waals surface area contributed by atoms with Crippen molar-refractivity contribution in [3.8, 4) is 22.6 Å². The Morgan fingerprint density at radius 2 is 1.76 bits per heavy atom. The van der Waals surface area contributed by atoms with E-state index < -0.39 is 5.41 Å². The van der Waals surface area contributed by atoms with Crippen molar-refractivity contribution in [2.24, 2.45) is 5.92 Å². The number of nitrogens with zero attached hydrogens (tertiary/aromatic N) is 1. The maximum Gasteiger partial charge on any atom is 0.253 e. The van der Waals surface area contributed by atoms with E-state index in [0.717, 1.165) is 71.6 Å². The average molecular weight is 513 g/mol. The van der Waals surface area contributed by atoms with Gasteiger partial charge in [0.1, 0.15) is 0 Å². The van der Waals surface area contributed by atoms with E-state index in [1.807, 2.05) is 65.6 Å². The molecule has 3 aromatic rings. The van der Waals surface area contributed by atoms with Crippen molar-refractivity contribution in [1.29, 1.82) is 0 Å². The van der Waals surface area contributed by atoms with Crippen molar-refractivity contribution in [1.82, 2.24) is 4.90 Å². The lowest BCUT2D eigenvalue weighted by atomic mass is 9.94. The molecular weight excluding hydrogens is 476 g/mol. The average Bonchev–Trinajstić information content (AvgIpc) is 3.87. The third kappa shape index (κ3) is 4.75. The number of anilines is 1. The summed E-state index contributed by atoms with van der Waals surface area (Å²) in [6.07, 6.45) is 5.04. The molecule has 3 aromatic carbocycles. The van der Waals surface area contributed by atoms with Crippen LogP contribution in [0, 0.1) is 12.8 Å². The molecule has 1 heterocycles. The molecule has 2 saturated carbocycles. The third-order valence-electron chi connectivity index (χ3n) is 8.00. The number of carbonyl (C=O) groups excluding carboxylic acids is 2. The largest absolute Gasteiger partial charge is 0.454 e. The maximum absolute atomic E-state index is 13.4. The molecule has 0 aromatic heterocycles. The maximum atomic E-state index is 13.4. The van der Waals surface area contributed by atoms with Crippen molar-refractivity contribution < 1.29 is 20.5 Å². The monoisotopic (exact) mass is 512 g/mol. The second kappa shape index (κ2) is 9.82. The van der Waals surface area contributed by atoms with E-state index in [2.05, 4.69) is 19.2 Å². The highest BCUT2D eigenvalue weighted by atomic mass is 16.7. The zero-order valence-corrected chi connectivity index (χ0v) is 22.1. The fourth-order valence-electron chi connectivity index (χ4n) is 5.36. The minimum absolute atomic E-state index is 0. The van der Waals surface area contributed by atoms with E-state index in [1.165, 1.54) is 12.8 Å². The van der Waals surface area contributed by atoms with Crippen LogP contribution in [0.1, 0.15) is 61.9 Å². The lowest BCUT2D eigenvalue weighted by molar-refractivity contribution is -0.118. The SMILES string of the molecule is CCCN(CC1CC1)C(=O)c1ccc(-c2cc(NC(=O)C3(c4ccc5c(c4)OCO5)CC3)ccc2C)cc1.[HH]. The van der Waals surface area contributed by atoms with E-state index in [9.17, 15) is 9.59 Å². The van der Waals surface area contributed by atoms with Crippen molar-refractivity contribution in [3.63, 3.8) is 0 Å². The zero-order valence-electron chi connectivity index (χ0n) is 22.1. The van der Waals surface area contributed by atoms with Crippen LogP contribution in [0.3, 0.4) is 0 Å². The smallest absolute Gasteiger partial charge is 0.253 e. The van der Waals surface area contributed by atoms with Crippen LogP contribution in [0.25, 0.3) is 11.1 Å². The molecule has 3 aliphatic rings. The van der Waals surface area contributed by atoms with Gasteiger partial charge in [-0.3, -0.25) is 9.59 Å². The summed E-state index contributed by atoms with van der Waals surface area (Å²) in [4.78, 5) is 28.6. The Labute approximate surface area is 225 Å². The van der Waals surface area contributed by atoms with E-state index in [0.29, 0.717) is 11.7 Å². The Bertz CT molecular complexity index is 1380. The van der Waals surface area contributed by atoms with Gasteiger partial charge in [-0.25, -0.2) is 0 Å². The number of benzene rings is 3. The normalized spacial score (nSPS) is 16.7. The second-order valence-electron chi connectivity index (χ2n) is 10.9. The summed E-state index contributed by atoms with van der Waals surface area (Å²) in [5, 5.41) is 3.16. The molecule has 1 N–H and O–H groups in total. The van der Waals surface area contributed by atoms with Crippen LogP contribution in [-0.4, -0.2) is 36.6 Å². The highest BCUT2D eigenvalue weighted by Crippen LogP contribution is 2.51. The van der Waals surface area contributed by atoms with Gasteiger partial charge in [-0.2, -0.15) is 0 Å². The first-order chi connectivity index (χ1) is 18.5. The highest BCUT2D eigenvalue weighted by molar-refractivity contribution is 6.02. The van der Waals surface area contributed by atoms with Gasteiger partial charge >= 0.3 is 0 Å². The van der Waals surface area contributed by atoms with Crippen LogP contribution >= 0.6 is 0 Å². The van der Waals surface area contributed by atoms with E-state index in [-0.39, 0.29) is 20.0 Å². The number of carbonyl (C=O) groups is 2. The summed E-state index contributed by atoms with van der Waals surface area (Å²) >= 11 is 0. The molecule has 6 rings (SSSR count). The van der Waals surface area contributed by atoms with Gasteiger partial charge in [-0.1, -0.05) is 31.2 Å². The molecule has 2 aliphatic carbocycles. The molecule has 6 nitrogen and oxygen atoms in total. The van der Waals surface area contributed by atoms with Gasteiger partial charge in [0.25, 0.3) is 5.91 Å². The van der Waals surface area contributed by atoms with Crippen LogP contribution in [0.4, 0.5) is 5.69 Å². The molecule has 1 aliphatic heterocycles. The predicted octanol–water partition coefficient (Wildman–Crippen LogP) is 6.57. The van der Waals surface area contributed by atoms with Gasteiger partial charge < -0.3 is 19.7 Å². The second-order valence-corrected chi connectivity index (χ2v) is 10.9. The highest BCUT2D eigenvalue weighted by Gasteiger charge is 2.51. The molecule has 0 spiro atoms. The zero-order chi connectivity index (χ0) is 26.3. The van der Waals surface area contributed by atoms with Crippen molar-refractivity contribution in [2.45, 2.75) is 51.4 Å². The van der Waals surface area contributed by atoms with Gasteiger partial charge in [0, 0.05) is 25.8 Å². The number of amides is 2. The van der Waals surface area contributed by atoms with Gasteiger partial charge in [0.05, 0.1) is 5.41 Å². The summed E-state index contributed by atoms with van der Waals surface area (Å²) in [7, 11) is 0. The molecule has 0 saturated heterocycles. The van der Waals surface area contributed by atoms with Gasteiger partial charge in [0.2, 0.25) is 12.7 Å². The van der Waals surface area contributed by atoms with Gasteiger partial charge in [-0.05, 0) is 104 Å². The number of hydrogen-bond donors (Lipinski definition) is 1. The molecule has 0 bridgehead atoms. The lowest BCUT2D eigenvalue weighted by Crippen LogP contribution is -2.33. The third-order valence-corrected chi connectivity index (χ3v) is 8.00. The number of rotatable bonds is 9. The van der Waals surface area contributed by atoms with Crippen molar-refractivity contribution >= 4 is 17.5 Å². The fourth-order valence-corrected chi connectivity index (χ4v) is 5.36. The van der Waals surface area contributed by atoms with Crippen LogP contribution in [0.5, 0.6) is 11.5 Å². The molecule has 6 heteroatoms. The Hall–Kier alpha value is -3.80. The van der Waals surface area contributed by atoms with E-state index >= 15 is 0 Å². The number of nitrogens with one attached hydrogen (secondary N) is 1. The summed E-state index contributed by atoms with van der Waals surface area (Å²) < 4.78 is 11.0. The summed E-state index contributed by atoms with van der Waals surface area (Å²) in [5.74, 6) is 2.21. The van der Waals surface area contributed by atoms with E-state index in [4.69, 9.17) is 9.47 Å². The number of hydrogen-bond acceptors (Lipinski definition) is 4. The minimum atomic E-state index is -0.529. The summed E-state index contributed by atoms with van der Waals surface area (Å²) in [6.45, 7) is 6.06. The van der Waals surface area contributed by atoms with Gasteiger partial charge in [0.15, 0.2) is 11.5 Å². The number of aryl methyl sites for hydroxylation is 1. The standard InChI is InChI=1S/C32H34N2O4.H2/c1-3-16-34(19-22-5-6-22)30(35)24-9-7-23(8-10-24)27-18-26(12-4-21(27)2)33-31(36)32(14-15-32)25-11-13-28-29(17-25)38-20-37-28;/h4,7-13,17-18,22H,3,5-6,14-16,19-20H2,1-2H3,(H,33,36);1H. The molecule has 0 unspecified atom stereocenters. The quantitative estimate of drug-likeness (QED) is 0.352. The summed E-state index contributed by atoms with van der Waals surface area (Å²) in [5.41, 5.74) is 5.10. The molecular formula is C32H36N2O4. The van der Waals surface area contributed by atoms with Crippen LogP contribution in [0.2, 0.25) is 0 Å². The Morgan fingerprint density at radius 3 is 2.47 bits per heavy atom. The first-order valence-corrected chi connectivity index (χ1v) is 13.7. The van der Waals surface area contributed by atoms with Crippen LogP contribution in [0.15, 0.2) is 60.7 Å². The molecule has 0 radical (unpaired) electrons. The lowest BCUT2D eigenvalue weighted by Gasteiger charge is -2.22. The number of fused-ring (bicyclic) bond motifs is 1. The number of ether oxygens (including phenoxy) is 2. The first kappa shape index (κ1) is 24.5. The predicted molar refractivity (Wildman–Crippen MR) is 150 cm³/mol. The fraction of sp³-hybridized carbons (Fsp3) is 0.375. The van der Waals surface area contributed by atoms with Gasteiger partial charge in [-0.15, -0.1) is 0 Å². The first-order valence-electron chi connectivity index (χ1n) is 13.7. The minimum Gasteiger partial charge on any atom is -0.454 e. The Balaban J connectivity index is 0.00000308. The molecule has 2 fully saturated rings. The summed E-state index contributed by atoms with van der Waals surface area (Å²) in [6, 6.07) is 19.7. The van der Waals surface area contributed by atoms with Crippen molar-refractivity contribution in [2.75, 3.05) is 25.2 Å².